The fourth-order valence-corrected chi connectivity index (χ4v) is 1.92. The van der Waals surface area contributed by atoms with Gasteiger partial charge < -0.3 is 15.2 Å². The van der Waals surface area contributed by atoms with E-state index in [4.69, 9.17) is 4.74 Å². The molecule has 88 valence electrons. The molecule has 16 heavy (non-hydrogen) atoms. The normalized spacial score (nSPS) is 25.4. The average Bonchev–Trinajstić information content (AvgIpc) is 2.27. The summed E-state index contributed by atoms with van der Waals surface area (Å²) in [4.78, 5) is 0. The zero-order valence-corrected chi connectivity index (χ0v) is 9.86. The molecule has 0 unspecified atom stereocenters. The minimum Gasteiger partial charge on any atom is -0.488 e. The summed E-state index contributed by atoms with van der Waals surface area (Å²) in [5.74, 6) is 0.856. The Morgan fingerprint density at radius 1 is 1.31 bits per heavy atom. The number of ether oxygens (including phenoxy) is 1. The van der Waals surface area contributed by atoms with E-state index in [1.165, 1.54) is 11.1 Å². The van der Waals surface area contributed by atoms with Crippen LogP contribution in [0.25, 0.3) is 0 Å². The van der Waals surface area contributed by atoms with Gasteiger partial charge in [-0.05, 0) is 50.1 Å². The van der Waals surface area contributed by atoms with Crippen LogP contribution in [-0.2, 0) is 0 Å². The van der Waals surface area contributed by atoms with Crippen LogP contribution in [0.15, 0.2) is 18.2 Å². The summed E-state index contributed by atoms with van der Waals surface area (Å²) in [6.07, 6.45) is 0.368. The number of hydrogen-bond donors (Lipinski definition) is 2. The molecule has 1 aliphatic heterocycles. The van der Waals surface area contributed by atoms with E-state index in [-0.39, 0.29) is 6.10 Å². The second-order valence-electron chi connectivity index (χ2n) is 4.46. The first-order chi connectivity index (χ1) is 7.66. The summed E-state index contributed by atoms with van der Waals surface area (Å²) >= 11 is 0. The minimum atomic E-state index is -0.407. The van der Waals surface area contributed by atoms with Crippen molar-refractivity contribution in [1.82, 2.24) is 5.32 Å². The van der Waals surface area contributed by atoms with Gasteiger partial charge in [0.1, 0.15) is 18.0 Å². The highest BCUT2D eigenvalue weighted by atomic mass is 16.5. The maximum Gasteiger partial charge on any atom is 0.127 e. The predicted octanol–water partition coefficient (Wildman–Crippen LogP) is 1.41. The second kappa shape index (κ2) is 4.85. The van der Waals surface area contributed by atoms with Crippen molar-refractivity contribution in [2.45, 2.75) is 32.5 Å². The molecular weight excluding hydrogens is 202 g/mol. The van der Waals surface area contributed by atoms with Crippen LogP contribution in [0.4, 0.5) is 0 Å². The van der Waals surface area contributed by atoms with Crippen LogP contribution in [-0.4, -0.2) is 30.4 Å². The fraction of sp³-hybridized carbons (Fsp3) is 0.538. The first-order valence-electron chi connectivity index (χ1n) is 5.79. The third-order valence-corrected chi connectivity index (χ3v) is 3.15. The molecule has 0 aliphatic carbocycles. The van der Waals surface area contributed by atoms with E-state index in [2.05, 4.69) is 25.2 Å². The molecule has 3 nitrogen and oxygen atoms in total. The van der Waals surface area contributed by atoms with Gasteiger partial charge in [0.15, 0.2) is 0 Å². The Morgan fingerprint density at radius 2 is 2.12 bits per heavy atom. The van der Waals surface area contributed by atoms with E-state index in [0.717, 1.165) is 18.7 Å². The molecular formula is C13H19NO2. The van der Waals surface area contributed by atoms with Gasteiger partial charge in [-0.15, -0.1) is 0 Å². The number of rotatable bonds is 2. The number of nitrogens with one attached hydrogen (secondary N) is 1. The lowest BCUT2D eigenvalue weighted by molar-refractivity contribution is 0.0162. The highest BCUT2D eigenvalue weighted by molar-refractivity contribution is 5.34. The minimum absolute atomic E-state index is 0.0802. The molecule has 1 heterocycles. The number of β-amino-alcohol motifs (C(OH)–C–C–N with tert-alkyl or cyclic N) is 1. The van der Waals surface area contributed by atoms with Crippen LogP contribution in [0, 0.1) is 13.8 Å². The third-order valence-electron chi connectivity index (χ3n) is 3.15. The Bertz CT molecular complexity index is 365. The summed E-state index contributed by atoms with van der Waals surface area (Å²) in [6, 6.07) is 6.05. The van der Waals surface area contributed by atoms with E-state index in [0.29, 0.717) is 6.54 Å². The summed E-state index contributed by atoms with van der Waals surface area (Å²) in [5.41, 5.74) is 2.49. The SMILES string of the molecule is Cc1ccc(O[C@H]2CCNC[C@H]2O)cc1C. The Morgan fingerprint density at radius 3 is 2.81 bits per heavy atom. The third kappa shape index (κ3) is 2.54. The van der Waals surface area contributed by atoms with E-state index >= 15 is 0 Å². The molecule has 0 radical (unpaired) electrons. The quantitative estimate of drug-likeness (QED) is 0.793. The Labute approximate surface area is 96.4 Å². The molecule has 2 rings (SSSR count). The number of aliphatic hydroxyl groups is 1. The van der Waals surface area contributed by atoms with Crippen molar-refractivity contribution in [2.75, 3.05) is 13.1 Å². The predicted molar refractivity (Wildman–Crippen MR) is 63.8 cm³/mol. The standard InChI is InChI=1S/C13H19NO2/c1-9-3-4-11(7-10(9)2)16-13-5-6-14-8-12(13)15/h3-4,7,12-15H,5-6,8H2,1-2H3/t12-,13+/m1/s1. The lowest BCUT2D eigenvalue weighted by Crippen LogP contribution is -2.46. The maximum atomic E-state index is 9.77. The van der Waals surface area contributed by atoms with Crippen molar-refractivity contribution in [3.63, 3.8) is 0 Å². The van der Waals surface area contributed by atoms with Crippen molar-refractivity contribution >= 4 is 0 Å². The molecule has 2 N–H and O–H groups in total. The molecule has 0 saturated carbocycles. The molecule has 3 heteroatoms. The van der Waals surface area contributed by atoms with Gasteiger partial charge in [-0.25, -0.2) is 0 Å². The number of piperidine rings is 1. The van der Waals surface area contributed by atoms with Crippen LogP contribution in [0.2, 0.25) is 0 Å². The second-order valence-corrected chi connectivity index (χ2v) is 4.46. The van der Waals surface area contributed by atoms with Gasteiger partial charge in [-0.3, -0.25) is 0 Å². The van der Waals surface area contributed by atoms with E-state index < -0.39 is 6.10 Å². The molecule has 1 aromatic rings. The van der Waals surface area contributed by atoms with Crippen LogP contribution in [0.5, 0.6) is 5.75 Å². The maximum absolute atomic E-state index is 9.77. The summed E-state index contributed by atoms with van der Waals surface area (Å²) in [6.45, 7) is 5.68. The highest BCUT2D eigenvalue weighted by Gasteiger charge is 2.24. The van der Waals surface area contributed by atoms with E-state index in [1.54, 1.807) is 0 Å². The van der Waals surface area contributed by atoms with Crippen molar-refractivity contribution < 1.29 is 9.84 Å². The summed E-state index contributed by atoms with van der Waals surface area (Å²) in [7, 11) is 0. The molecule has 0 bridgehead atoms. The van der Waals surface area contributed by atoms with Gasteiger partial charge in [0.05, 0.1) is 0 Å². The van der Waals surface area contributed by atoms with Crippen LogP contribution >= 0.6 is 0 Å². The monoisotopic (exact) mass is 221 g/mol. The fourth-order valence-electron chi connectivity index (χ4n) is 1.92. The van der Waals surface area contributed by atoms with Gasteiger partial charge >= 0.3 is 0 Å². The zero-order chi connectivity index (χ0) is 11.5. The molecule has 0 amide bonds. The van der Waals surface area contributed by atoms with Crippen molar-refractivity contribution in [2.24, 2.45) is 0 Å². The molecule has 1 aliphatic rings. The van der Waals surface area contributed by atoms with Gasteiger partial charge in [-0.2, -0.15) is 0 Å². The Kier molecular flexibility index (Phi) is 3.46. The lowest BCUT2D eigenvalue weighted by Gasteiger charge is -2.29. The Balaban J connectivity index is 2.05. The van der Waals surface area contributed by atoms with Crippen LogP contribution < -0.4 is 10.1 Å². The molecule has 1 fully saturated rings. The molecule has 1 saturated heterocycles. The first kappa shape index (κ1) is 11.4. The van der Waals surface area contributed by atoms with E-state index in [1.807, 2.05) is 12.1 Å². The van der Waals surface area contributed by atoms with Crippen molar-refractivity contribution in [3.8, 4) is 5.75 Å². The van der Waals surface area contributed by atoms with Gasteiger partial charge in [0.25, 0.3) is 0 Å². The molecule has 2 atom stereocenters. The largest absolute Gasteiger partial charge is 0.488 e. The van der Waals surface area contributed by atoms with Gasteiger partial charge in [0, 0.05) is 6.54 Å². The smallest absolute Gasteiger partial charge is 0.127 e. The zero-order valence-electron chi connectivity index (χ0n) is 9.86. The van der Waals surface area contributed by atoms with Gasteiger partial charge in [-0.1, -0.05) is 6.07 Å². The highest BCUT2D eigenvalue weighted by Crippen LogP contribution is 2.20. The Hall–Kier alpha value is -1.06. The summed E-state index contributed by atoms with van der Waals surface area (Å²) < 4.78 is 5.81. The topological polar surface area (TPSA) is 41.5 Å². The van der Waals surface area contributed by atoms with Crippen molar-refractivity contribution in [1.29, 1.82) is 0 Å². The summed E-state index contributed by atoms with van der Waals surface area (Å²) in [5, 5.41) is 12.9. The van der Waals surface area contributed by atoms with E-state index in [9.17, 15) is 5.11 Å². The molecule has 0 spiro atoms. The lowest BCUT2D eigenvalue weighted by atomic mass is 10.1. The number of benzene rings is 1. The first-order valence-corrected chi connectivity index (χ1v) is 5.79. The van der Waals surface area contributed by atoms with Crippen LogP contribution in [0.1, 0.15) is 17.5 Å². The van der Waals surface area contributed by atoms with Gasteiger partial charge in [0.2, 0.25) is 0 Å². The number of aryl methyl sites for hydroxylation is 2. The molecule has 1 aromatic carbocycles. The average molecular weight is 221 g/mol. The number of aliphatic hydroxyl groups excluding tert-OH is 1. The van der Waals surface area contributed by atoms with Crippen molar-refractivity contribution in [3.05, 3.63) is 29.3 Å². The number of hydrogen-bond acceptors (Lipinski definition) is 3. The molecule has 0 aromatic heterocycles. The van der Waals surface area contributed by atoms with Crippen LogP contribution in [0.3, 0.4) is 0 Å².